The van der Waals surface area contributed by atoms with Crippen LogP contribution in [0.3, 0.4) is 0 Å². The summed E-state index contributed by atoms with van der Waals surface area (Å²) in [5.41, 5.74) is 0.0758. The fourth-order valence-corrected chi connectivity index (χ4v) is 1.13. The van der Waals surface area contributed by atoms with Crippen LogP contribution in [0.15, 0.2) is 12.1 Å². The van der Waals surface area contributed by atoms with Gasteiger partial charge >= 0.3 is 0 Å². The Morgan fingerprint density at radius 1 is 1.07 bits per heavy atom. The Morgan fingerprint density at radius 2 is 1.73 bits per heavy atom. The summed E-state index contributed by atoms with van der Waals surface area (Å²) in [6.45, 7) is 0.644. The molecule has 0 radical (unpaired) electrons. The highest BCUT2D eigenvalue weighted by Gasteiger charge is 2.08. The molecule has 0 atom stereocenters. The normalized spacial score (nSPS) is 10.7. The van der Waals surface area contributed by atoms with E-state index in [-0.39, 0.29) is 18.7 Å². The summed E-state index contributed by atoms with van der Waals surface area (Å²) in [4.78, 5) is 0. The Balaban J connectivity index is 2.57. The molecule has 0 aliphatic rings. The lowest BCUT2D eigenvalue weighted by molar-refractivity contribution is 0.286. The first-order chi connectivity index (χ1) is 7.15. The summed E-state index contributed by atoms with van der Waals surface area (Å²) in [5.74, 6) is -3.02. The SMILES string of the molecule is OCCCNCc1cc(F)c(F)cc1F. The molecular weight excluding hydrogens is 207 g/mol. The van der Waals surface area contributed by atoms with Gasteiger partial charge in [0, 0.05) is 24.8 Å². The summed E-state index contributed by atoms with van der Waals surface area (Å²) in [5, 5.41) is 11.3. The Morgan fingerprint density at radius 3 is 2.40 bits per heavy atom. The molecule has 5 heteroatoms. The van der Waals surface area contributed by atoms with E-state index >= 15 is 0 Å². The molecule has 84 valence electrons. The molecule has 0 saturated heterocycles. The third-order valence-corrected chi connectivity index (χ3v) is 1.92. The zero-order valence-electron chi connectivity index (χ0n) is 8.06. The maximum atomic E-state index is 13.0. The van der Waals surface area contributed by atoms with Crippen molar-refractivity contribution in [3.8, 4) is 0 Å². The molecule has 0 aliphatic heterocycles. The van der Waals surface area contributed by atoms with Gasteiger partial charge in [0.2, 0.25) is 0 Å². The van der Waals surface area contributed by atoms with Crippen molar-refractivity contribution in [1.82, 2.24) is 5.32 Å². The number of aliphatic hydroxyl groups excluding tert-OH is 1. The van der Waals surface area contributed by atoms with Crippen LogP contribution < -0.4 is 5.32 Å². The highest BCUT2D eigenvalue weighted by atomic mass is 19.2. The quantitative estimate of drug-likeness (QED) is 0.582. The second-order valence-corrected chi connectivity index (χ2v) is 3.11. The Bertz CT molecular complexity index is 331. The molecule has 0 bridgehead atoms. The first-order valence-corrected chi connectivity index (χ1v) is 4.60. The van der Waals surface area contributed by atoms with Gasteiger partial charge in [-0.1, -0.05) is 0 Å². The number of hydrogen-bond donors (Lipinski definition) is 2. The second-order valence-electron chi connectivity index (χ2n) is 3.11. The van der Waals surface area contributed by atoms with Gasteiger partial charge < -0.3 is 10.4 Å². The molecular formula is C10H12F3NO. The summed E-state index contributed by atoms with van der Waals surface area (Å²) in [6, 6.07) is 1.36. The Labute approximate surface area is 85.7 Å². The Kier molecular flexibility index (Phi) is 4.58. The molecule has 2 N–H and O–H groups in total. The maximum absolute atomic E-state index is 13.0. The molecule has 0 aliphatic carbocycles. The van der Waals surface area contributed by atoms with E-state index in [1.165, 1.54) is 0 Å². The van der Waals surface area contributed by atoms with E-state index < -0.39 is 17.5 Å². The number of hydrogen-bond acceptors (Lipinski definition) is 2. The van der Waals surface area contributed by atoms with Crippen molar-refractivity contribution in [3.05, 3.63) is 35.1 Å². The lowest BCUT2D eigenvalue weighted by Crippen LogP contribution is -2.16. The average Bonchev–Trinajstić information content (AvgIpc) is 2.20. The fraction of sp³-hybridized carbons (Fsp3) is 0.400. The summed E-state index contributed by atoms with van der Waals surface area (Å²) >= 11 is 0. The minimum Gasteiger partial charge on any atom is -0.396 e. The van der Waals surface area contributed by atoms with Gasteiger partial charge in [-0.15, -0.1) is 0 Å². The van der Waals surface area contributed by atoms with E-state index in [2.05, 4.69) is 5.32 Å². The van der Waals surface area contributed by atoms with Crippen LogP contribution in [0.25, 0.3) is 0 Å². The zero-order valence-corrected chi connectivity index (χ0v) is 8.06. The molecule has 1 rings (SSSR count). The van der Waals surface area contributed by atoms with E-state index in [1.54, 1.807) is 0 Å². The van der Waals surface area contributed by atoms with Crippen LogP contribution in [0.5, 0.6) is 0 Å². The van der Waals surface area contributed by atoms with Gasteiger partial charge in [-0.25, -0.2) is 13.2 Å². The van der Waals surface area contributed by atoms with E-state index in [0.717, 1.165) is 6.07 Å². The van der Waals surface area contributed by atoms with Gasteiger partial charge in [0.25, 0.3) is 0 Å². The first-order valence-electron chi connectivity index (χ1n) is 4.60. The van der Waals surface area contributed by atoms with Gasteiger partial charge in [0.15, 0.2) is 11.6 Å². The third kappa shape index (κ3) is 3.53. The molecule has 2 nitrogen and oxygen atoms in total. The van der Waals surface area contributed by atoms with E-state index in [4.69, 9.17) is 5.11 Å². The minimum absolute atomic E-state index is 0.0350. The summed E-state index contributed by atoms with van der Waals surface area (Å²) in [6.07, 6.45) is 0.533. The number of rotatable bonds is 5. The van der Waals surface area contributed by atoms with Crippen molar-refractivity contribution in [3.63, 3.8) is 0 Å². The van der Waals surface area contributed by atoms with Crippen LogP contribution in [0.1, 0.15) is 12.0 Å². The lowest BCUT2D eigenvalue weighted by atomic mass is 10.2. The van der Waals surface area contributed by atoms with E-state index in [9.17, 15) is 13.2 Å². The van der Waals surface area contributed by atoms with Crippen molar-refractivity contribution in [1.29, 1.82) is 0 Å². The molecule has 0 amide bonds. The van der Waals surface area contributed by atoms with Crippen molar-refractivity contribution >= 4 is 0 Å². The largest absolute Gasteiger partial charge is 0.396 e. The monoisotopic (exact) mass is 219 g/mol. The molecule has 15 heavy (non-hydrogen) atoms. The molecule has 0 fully saturated rings. The van der Waals surface area contributed by atoms with Crippen LogP contribution in [0.2, 0.25) is 0 Å². The third-order valence-electron chi connectivity index (χ3n) is 1.92. The molecule has 0 aromatic heterocycles. The fourth-order valence-electron chi connectivity index (χ4n) is 1.13. The smallest absolute Gasteiger partial charge is 0.161 e. The first kappa shape index (κ1) is 12.0. The zero-order chi connectivity index (χ0) is 11.3. The summed E-state index contributed by atoms with van der Waals surface area (Å²) in [7, 11) is 0. The molecule has 0 heterocycles. The van der Waals surface area contributed by atoms with Crippen molar-refractivity contribution in [2.24, 2.45) is 0 Å². The van der Waals surface area contributed by atoms with Crippen molar-refractivity contribution in [2.75, 3.05) is 13.2 Å². The standard InChI is InChI=1S/C10H12F3NO/c11-8-5-10(13)9(12)4-7(8)6-14-2-1-3-15/h4-5,14-15H,1-3,6H2. The van der Waals surface area contributed by atoms with Gasteiger partial charge in [-0.3, -0.25) is 0 Å². The van der Waals surface area contributed by atoms with Crippen LogP contribution in [-0.2, 0) is 6.54 Å². The van der Waals surface area contributed by atoms with Crippen molar-refractivity contribution in [2.45, 2.75) is 13.0 Å². The van der Waals surface area contributed by atoms with Gasteiger partial charge in [0.1, 0.15) is 5.82 Å². The number of aliphatic hydroxyl groups is 1. The predicted octanol–water partition coefficient (Wildman–Crippen LogP) is 1.58. The number of halogens is 3. The second kappa shape index (κ2) is 5.72. The minimum atomic E-state index is -1.19. The molecule has 0 spiro atoms. The average molecular weight is 219 g/mol. The van der Waals surface area contributed by atoms with Gasteiger partial charge in [-0.2, -0.15) is 0 Å². The van der Waals surface area contributed by atoms with Crippen LogP contribution >= 0.6 is 0 Å². The molecule has 0 unspecified atom stereocenters. The molecule has 1 aromatic carbocycles. The molecule has 1 aromatic rings. The predicted molar refractivity (Wildman–Crippen MR) is 49.7 cm³/mol. The maximum Gasteiger partial charge on any atom is 0.161 e. The van der Waals surface area contributed by atoms with Crippen molar-refractivity contribution < 1.29 is 18.3 Å². The number of nitrogens with one attached hydrogen (secondary N) is 1. The number of benzene rings is 1. The summed E-state index contributed by atoms with van der Waals surface area (Å²) < 4.78 is 38.3. The molecule has 0 saturated carbocycles. The lowest BCUT2D eigenvalue weighted by Gasteiger charge is -2.05. The van der Waals surface area contributed by atoms with Crippen LogP contribution in [0, 0.1) is 17.5 Å². The van der Waals surface area contributed by atoms with E-state index in [0.29, 0.717) is 19.0 Å². The van der Waals surface area contributed by atoms with Gasteiger partial charge in [0.05, 0.1) is 0 Å². The van der Waals surface area contributed by atoms with Crippen LogP contribution in [-0.4, -0.2) is 18.3 Å². The Hall–Kier alpha value is -1.07. The highest BCUT2D eigenvalue weighted by Crippen LogP contribution is 2.13. The van der Waals surface area contributed by atoms with Crippen LogP contribution in [0.4, 0.5) is 13.2 Å². The topological polar surface area (TPSA) is 32.3 Å². The highest BCUT2D eigenvalue weighted by molar-refractivity contribution is 5.19. The van der Waals surface area contributed by atoms with Gasteiger partial charge in [-0.05, 0) is 19.0 Å². The van der Waals surface area contributed by atoms with E-state index in [1.807, 2.05) is 0 Å².